The number of nitrogens with zero attached hydrogens (tertiary/aromatic N) is 6. The Morgan fingerprint density at radius 2 is 1.88 bits per heavy atom. The molecule has 3 aromatic heterocycles. The number of anilines is 3. The van der Waals surface area contributed by atoms with Crippen molar-refractivity contribution in [3.05, 3.63) is 52.7 Å². The number of halogens is 2. The van der Waals surface area contributed by atoms with E-state index in [1.165, 1.54) is 11.8 Å². The predicted molar refractivity (Wildman–Crippen MR) is 130 cm³/mol. The zero-order chi connectivity index (χ0) is 22.8. The van der Waals surface area contributed by atoms with E-state index < -0.39 is 0 Å². The van der Waals surface area contributed by atoms with E-state index in [0.717, 1.165) is 36.8 Å². The van der Waals surface area contributed by atoms with Crippen molar-refractivity contribution in [2.45, 2.75) is 10.1 Å². The van der Waals surface area contributed by atoms with Crippen molar-refractivity contribution in [2.24, 2.45) is 0 Å². The Bertz CT molecular complexity index is 1240. The van der Waals surface area contributed by atoms with Crippen LogP contribution in [0.4, 0.5) is 17.7 Å². The predicted octanol–water partition coefficient (Wildman–Crippen LogP) is 4.81. The van der Waals surface area contributed by atoms with Crippen LogP contribution in [-0.4, -0.2) is 63.3 Å². The molecule has 9 nitrogen and oxygen atoms in total. The Labute approximate surface area is 204 Å². The van der Waals surface area contributed by atoms with E-state index >= 15 is 0 Å². The Kier molecular flexibility index (Phi) is 6.41. The summed E-state index contributed by atoms with van der Waals surface area (Å²) < 4.78 is 5.42. The largest absolute Gasteiger partial charge is 0.463 e. The van der Waals surface area contributed by atoms with Gasteiger partial charge in [-0.15, -0.1) is 0 Å². The fraction of sp³-hybridized carbons (Fsp3) is 0.238. The molecule has 2 N–H and O–H groups in total. The number of hydrogen-bond donors (Lipinski definition) is 2. The van der Waals surface area contributed by atoms with E-state index in [4.69, 9.17) is 32.6 Å². The smallest absolute Gasteiger partial charge is 0.234 e. The average molecular weight is 503 g/mol. The molecule has 170 valence electrons. The maximum absolute atomic E-state index is 6.19. The zero-order valence-corrected chi connectivity index (χ0v) is 20.0. The monoisotopic (exact) mass is 502 g/mol. The lowest BCUT2D eigenvalue weighted by Gasteiger charge is -2.32. The number of aromatic nitrogens is 5. The van der Waals surface area contributed by atoms with Crippen LogP contribution in [0.1, 0.15) is 0 Å². The van der Waals surface area contributed by atoms with Crippen molar-refractivity contribution in [1.82, 2.24) is 30.0 Å². The normalized spacial score (nSPS) is 14.6. The second-order valence-electron chi connectivity index (χ2n) is 7.48. The Morgan fingerprint density at radius 3 is 2.64 bits per heavy atom. The van der Waals surface area contributed by atoms with Crippen molar-refractivity contribution >= 4 is 52.7 Å². The molecule has 0 radical (unpaired) electrons. The lowest BCUT2D eigenvalue weighted by Crippen LogP contribution is -2.45. The molecule has 4 heterocycles. The summed E-state index contributed by atoms with van der Waals surface area (Å²) in [5.41, 5.74) is 0.751. The number of piperazine rings is 1. The summed E-state index contributed by atoms with van der Waals surface area (Å²) in [6.07, 6.45) is 1.62. The van der Waals surface area contributed by atoms with Gasteiger partial charge in [-0.1, -0.05) is 23.2 Å². The maximum Gasteiger partial charge on any atom is 0.234 e. The van der Waals surface area contributed by atoms with Gasteiger partial charge < -0.3 is 19.5 Å². The Balaban J connectivity index is 1.43. The zero-order valence-electron chi connectivity index (χ0n) is 17.6. The fourth-order valence-electron chi connectivity index (χ4n) is 3.30. The first-order valence-corrected chi connectivity index (χ1v) is 11.8. The number of likely N-dealkylation sites (N-methyl/N-ethyl adjacent to an activating group) is 1. The van der Waals surface area contributed by atoms with E-state index in [9.17, 15) is 0 Å². The molecule has 0 amide bonds. The van der Waals surface area contributed by atoms with Gasteiger partial charge >= 0.3 is 0 Å². The molecule has 0 unspecified atom stereocenters. The molecule has 1 fully saturated rings. The summed E-state index contributed by atoms with van der Waals surface area (Å²) in [5, 5.41) is 12.0. The number of hydrogen-bond acceptors (Lipinski definition) is 9. The minimum atomic E-state index is 0.402. The van der Waals surface area contributed by atoms with E-state index in [-0.39, 0.29) is 0 Å². The minimum Gasteiger partial charge on any atom is -0.463 e. The van der Waals surface area contributed by atoms with Crippen molar-refractivity contribution in [2.75, 3.05) is 43.4 Å². The molecule has 0 saturated carbocycles. The van der Waals surface area contributed by atoms with Gasteiger partial charge in [0.2, 0.25) is 11.9 Å². The highest BCUT2D eigenvalue weighted by molar-refractivity contribution is 7.99. The molecule has 0 atom stereocenters. The van der Waals surface area contributed by atoms with Crippen molar-refractivity contribution in [3.63, 3.8) is 0 Å². The van der Waals surface area contributed by atoms with E-state index in [0.29, 0.717) is 38.7 Å². The summed E-state index contributed by atoms with van der Waals surface area (Å²) >= 11 is 13.6. The minimum absolute atomic E-state index is 0.402. The van der Waals surface area contributed by atoms with Gasteiger partial charge in [0.25, 0.3) is 0 Å². The highest BCUT2D eigenvalue weighted by atomic mass is 35.5. The van der Waals surface area contributed by atoms with Gasteiger partial charge in [-0.25, -0.2) is 0 Å². The van der Waals surface area contributed by atoms with Crippen LogP contribution in [0.25, 0.3) is 11.5 Å². The standard InChI is InChI=1S/C21H20Cl2N8OS/c1-30-6-8-31(9-7-30)20-25-19(24-18-12-16(28-29-18)17-3-2-10-32-17)26-21(27-20)33-13-4-5-14(22)15(23)11-13/h2-5,10-12H,6-9H2,1H3,(H2,24,25,26,27,28,29). The van der Waals surface area contributed by atoms with Gasteiger partial charge in [0.05, 0.1) is 16.3 Å². The van der Waals surface area contributed by atoms with Crippen LogP contribution in [0.3, 0.4) is 0 Å². The second kappa shape index (κ2) is 9.60. The Hall–Kier alpha value is -2.79. The molecule has 12 heteroatoms. The molecule has 0 bridgehead atoms. The van der Waals surface area contributed by atoms with Crippen LogP contribution in [0.2, 0.25) is 10.0 Å². The average Bonchev–Trinajstić information content (AvgIpc) is 3.49. The molecule has 1 aliphatic heterocycles. The summed E-state index contributed by atoms with van der Waals surface area (Å²) in [4.78, 5) is 19.3. The SMILES string of the molecule is CN1CCN(c2nc(Nc3cc(-c4ccco4)[nH]n3)nc(Sc3ccc(Cl)c(Cl)c3)n2)CC1. The van der Waals surface area contributed by atoms with E-state index in [2.05, 4.69) is 42.3 Å². The lowest BCUT2D eigenvalue weighted by molar-refractivity contribution is 0.311. The third-order valence-electron chi connectivity index (χ3n) is 5.09. The Morgan fingerprint density at radius 1 is 1.03 bits per heavy atom. The van der Waals surface area contributed by atoms with Crippen molar-refractivity contribution in [3.8, 4) is 11.5 Å². The number of H-pyrrole nitrogens is 1. The molecule has 0 spiro atoms. The van der Waals surface area contributed by atoms with Crippen LogP contribution < -0.4 is 10.2 Å². The molecular weight excluding hydrogens is 483 g/mol. The first-order chi connectivity index (χ1) is 16.0. The molecule has 33 heavy (non-hydrogen) atoms. The number of rotatable bonds is 6. The van der Waals surface area contributed by atoms with E-state index in [1.54, 1.807) is 18.4 Å². The first-order valence-electron chi connectivity index (χ1n) is 10.2. The number of benzene rings is 1. The van der Waals surface area contributed by atoms with Crippen molar-refractivity contribution in [1.29, 1.82) is 0 Å². The lowest BCUT2D eigenvalue weighted by atomic mass is 10.3. The van der Waals surface area contributed by atoms with Crippen molar-refractivity contribution < 1.29 is 4.42 Å². The third kappa shape index (κ3) is 5.25. The fourth-order valence-corrected chi connectivity index (χ4v) is 4.45. The summed E-state index contributed by atoms with van der Waals surface area (Å²) in [6.45, 7) is 3.55. The number of nitrogens with one attached hydrogen (secondary N) is 2. The molecule has 1 aromatic carbocycles. The quantitative estimate of drug-likeness (QED) is 0.384. The molecule has 4 aromatic rings. The highest BCUT2D eigenvalue weighted by Gasteiger charge is 2.19. The molecule has 1 saturated heterocycles. The number of aromatic amines is 1. The van der Waals surface area contributed by atoms with Crippen LogP contribution in [0.15, 0.2) is 57.1 Å². The van der Waals surface area contributed by atoms with Gasteiger partial charge in [0.1, 0.15) is 5.69 Å². The number of furan rings is 1. The summed E-state index contributed by atoms with van der Waals surface area (Å²) in [5.74, 6) is 2.28. The summed E-state index contributed by atoms with van der Waals surface area (Å²) in [6, 6.07) is 11.0. The molecule has 5 rings (SSSR count). The topological polar surface area (TPSA) is 99.0 Å². The van der Waals surface area contributed by atoms with Gasteiger partial charge in [0.15, 0.2) is 16.7 Å². The van der Waals surface area contributed by atoms with Gasteiger partial charge in [-0.2, -0.15) is 20.1 Å². The van der Waals surface area contributed by atoms with Crippen LogP contribution >= 0.6 is 35.0 Å². The molecule has 0 aliphatic carbocycles. The summed E-state index contributed by atoms with van der Waals surface area (Å²) in [7, 11) is 2.11. The van der Waals surface area contributed by atoms with Gasteiger partial charge in [-0.05, 0) is 49.1 Å². The van der Waals surface area contributed by atoms with Crippen LogP contribution in [0.5, 0.6) is 0 Å². The second-order valence-corrected chi connectivity index (χ2v) is 9.33. The van der Waals surface area contributed by atoms with Crippen LogP contribution in [-0.2, 0) is 0 Å². The first kappa shape index (κ1) is 22.0. The third-order valence-corrected chi connectivity index (χ3v) is 6.69. The van der Waals surface area contributed by atoms with Crippen LogP contribution in [0, 0.1) is 0 Å². The maximum atomic E-state index is 6.19. The van der Waals surface area contributed by atoms with Gasteiger partial charge in [0, 0.05) is 37.1 Å². The molecular formula is C21H20Cl2N8OS. The van der Waals surface area contributed by atoms with Gasteiger partial charge in [-0.3, -0.25) is 5.10 Å². The highest BCUT2D eigenvalue weighted by Crippen LogP contribution is 2.32. The van der Waals surface area contributed by atoms with E-state index in [1.807, 2.05) is 24.3 Å². The molecule has 1 aliphatic rings.